The van der Waals surface area contributed by atoms with Crippen molar-refractivity contribution < 1.29 is 0 Å². The maximum absolute atomic E-state index is 12.6. The third kappa shape index (κ3) is 2.45. The Labute approximate surface area is 120 Å². The first-order valence-corrected chi connectivity index (χ1v) is 7.35. The van der Waals surface area contributed by atoms with Crippen LogP contribution in [0.5, 0.6) is 0 Å². The Morgan fingerprint density at radius 1 is 1.15 bits per heavy atom. The molecular weight excluding hydrogens is 248 g/mol. The van der Waals surface area contributed by atoms with E-state index >= 15 is 0 Å². The summed E-state index contributed by atoms with van der Waals surface area (Å²) in [6, 6.07) is 4.22. The topological polar surface area (TPSA) is 26.9 Å². The molecule has 3 nitrogen and oxygen atoms in total. The molecule has 1 heterocycles. The van der Waals surface area contributed by atoms with Gasteiger partial charge in [-0.25, -0.2) is 4.79 Å². The van der Waals surface area contributed by atoms with Crippen LogP contribution in [0, 0.1) is 13.8 Å². The molecule has 2 rings (SSSR count). The van der Waals surface area contributed by atoms with Crippen LogP contribution < -0.4 is 5.69 Å². The van der Waals surface area contributed by atoms with Crippen molar-refractivity contribution in [3.8, 4) is 0 Å². The molecule has 0 spiro atoms. The number of hydrogen-bond donors (Lipinski definition) is 0. The first kappa shape index (κ1) is 14.6. The van der Waals surface area contributed by atoms with E-state index in [1.54, 1.807) is 4.57 Å². The number of aryl methyl sites for hydroxylation is 3. The third-order valence-corrected chi connectivity index (χ3v) is 3.91. The fraction of sp³-hybridized carbons (Fsp3) is 0.471. The number of nitrogens with zero attached hydrogens (tertiary/aromatic N) is 2. The molecule has 0 atom stereocenters. The molecule has 0 saturated carbocycles. The van der Waals surface area contributed by atoms with Crippen LogP contribution in [-0.2, 0) is 6.54 Å². The van der Waals surface area contributed by atoms with Crippen LogP contribution in [0.15, 0.2) is 23.5 Å². The quantitative estimate of drug-likeness (QED) is 0.753. The lowest BCUT2D eigenvalue weighted by molar-refractivity contribution is 0.596. The number of aromatic nitrogens is 2. The fourth-order valence-corrected chi connectivity index (χ4v) is 2.61. The Hall–Kier alpha value is -1.77. The van der Waals surface area contributed by atoms with Crippen molar-refractivity contribution in [2.75, 3.05) is 0 Å². The van der Waals surface area contributed by atoms with E-state index in [4.69, 9.17) is 0 Å². The lowest BCUT2D eigenvalue weighted by Crippen LogP contribution is -2.23. The highest BCUT2D eigenvalue weighted by atomic mass is 16.1. The smallest absolute Gasteiger partial charge is 0.292 e. The SMILES string of the molecule is C=C(C)n1c(=O)n(CCCCC)c2cc(C)c(C)cc21. The minimum absolute atomic E-state index is 0.0357. The summed E-state index contributed by atoms with van der Waals surface area (Å²) in [5.41, 5.74) is 5.24. The van der Waals surface area contributed by atoms with Gasteiger partial charge in [-0.15, -0.1) is 0 Å². The van der Waals surface area contributed by atoms with Gasteiger partial charge in [-0.3, -0.25) is 9.13 Å². The van der Waals surface area contributed by atoms with E-state index in [1.807, 2.05) is 11.5 Å². The van der Waals surface area contributed by atoms with Crippen molar-refractivity contribution in [3.05, 3.63) is 40.3 Å². The van der Waals surface area contributed by atoms with Crippen LogP contribution >= 0.6 is 0 Å². The average molecular weight is 272 g/mol. The van der Waals surface area contributed by atoms with Gasteiger partial charge in [0.05, 0.1) is 11.0 Å². The lowest BCUT2D eigenvalue weighted by atomic mass is 10.1. The normalized spacial score (nSPS) is 11.2. The molecule has 2 aromatic rings. The van der Waals surface area contributed by atoms with E-state index < -0.39 is 0 Å². The molecule has 0 amide bonds. The summed E-state index contributed by atoms with van der Waals surface area (Å²) in [4.78, 5) is 12.6. The van der Waals surface area contributed by atoms with E-state index in [1.165, 1.54) is 11.1 Å². The highest BCUT2D eigenvalue weighted by Crippen LogP contribution is 2.21. The highest BCUT2D eigenvalue weighted by molar-refractivity contribution is 5.81. The minimum atomic E-state index is 0.0357. The maximum Gasteiger partial charge on any atom is 0.333 e. The highest BCUT2D eigenvalue weighted by Gasteiger charge is 2.14. The fourth-order valence-electron chi connectivity index (χ4n) is 2.61. The van der Waals surface area contributed by atoms with Gasteiger partial charge in [0.2, 0.25) is 0 Å². The molecule has 1 aromatic heterocycles. The van der Waals surface area contributed by atoms with E-state index in [0.717, 1.165) is 42.5 Å². The standard InChI is InChI=1S/C17H24N2O/c1-6-7-8-9-18-15-10-13(4)14(5)11-16(15)19(12(2)3)17(18)20/h10-11H,2,6-9H2,1,3-5H3. The number of rotatable bonds is 5. The zero-order chi connectivity index (χ0) is 14.9. The zero-order valence-corrected chi connectivity index (χ0v) is 13.0. The molecule has 0 aliphatic rings. The molecule has 0 bridgehead atoms. The molecule has 0 N–H and O–H groups in total. The summed E-state index contributed by atoms with van der Waals surface area (Å²) in [5, 5.41) is 0. The number of allylic oxidation sites excluding steroid dienone is 1. The zero-order valence-electron chi connectivity index (χ0n) is 13.0. The van der Waals surface area contributed by atoms with Gasteiger partial charge in [0.1, 0.15) is 0 Å². The number of benzene rings is 1. The molecule has 20 heavy (non-hydrogen) atoms. The monoisotopic (exact) mass is 272 g/mol. The second-order valence-electron chi connectivity index (χ2n) is 5.64. The van der Waals surface area contributed by atoms with Gasteiger partial charge in [0.15, 0.2) is 0 Å². The summed E-state index contributed by atoms with van der Waals surface area (Å²) in [6.45, 7) is 13.0. The molecule has 108 valence electrons. The Morgan fingerprint density at radius 3 is 2.30 bits per heavy atom. The Balaban J connectivity index is 2.67. The number of hydrogen-bond acceptors (Lipinski definition) is 1. The molecule has 0 aliphatic carbocycles. The molecule has 0 radical (unpaired) electrons. The molecular formula is C17H24N2O. The number of fused-ring (bicyclic) bond motifs is 1. The Kier molecular flexibility index (Phi) is 4.17. The van der Waals surface area contributed by atoms with E-state index in [9.17, 15) is 4.79 Å². The molecule has 0 fully saturated rings. The van der Waals surface area contributed by atoms with Gasteiger partial charge in [-0.2, -0.15) is 0 Å². The van der Waals surface area contributed by atoms with Crippen LogP contribution in [0.4, 0.5) is 0 Å². The lowest BCUT2D eigenvalue weighted by Gasteiger charge is -2.05. The molecule has 0 unspecified atom stereocenters. The van der Waals surface area contributed by atoms with Crippen LogP contribution in [0.2, 0.25) is 0 Å². The summed E-state index contributed by atoms with van der Waals surface area (Å²) in [5.74, 6) is 0. The molecule has 1 aromatic carbocycles. The van der Waals surface area contributed by atoms with Crippen molar-refractivity contribution in [1.82, 2.24) is 9.13 Å². The van der Waals surface area contributed by atoms with Gasteiger partial charge in [0.25, 0.3) is 0 Å². The van der Waals surface area contributed by atoms with E-state index in [2.05, 4.69) is 39.5 Å². The van der Waals surface area contributed by atoms with Gasteiger partial charge >= 0.3 is 5.69 Å². The first-order chi connectivity index (χ1) is 9.47. The number of imidazole rings is 1. The van der Waals surface area contributed by atoms with Crippen LogP contribution in [0.1, 0.15) is 44.2 Å². The summed E-state index contributed by atoms with van der Waals surface area (Å²) in [7, 11) is 0. The molecule has 0 saturated heterocycles. The summed E-state index contributed by atoms with van der Waals surface area (Å²) >= 11 is 0. The third-order valence-electron chi connectivity index (χ3n) is 3.91. The van der Waals surface area contributed by atoms with Crippen LogP contribution in [0.25, 0.3) is 16.7 Å². The minimum Gasteiger partial charge on any atom is -0.292 e. The van der Waals surface area contributed by atoms with Crippen LogP contribution in [0.3, 0.4) is 0 Å². The van der Waals surface area contributed by atoms with Crippen LogP contribution in [-0.4, -0.2) is 9.13 Å². The molecule has 3 heteroatoms. The number of unbranched alkanes of at least 4 members (excludes halogenated alkanes) is 2. The van der Waals surface area contributed by atoms with Crippen molar-refractivity contribution >= 4 is 16.7 Å². The summed E-state index contributed by atoms with van der Waals surface area (Å²) in [6.07, 6.45) is 3.35. The average Bonchev–Trinajstić information content (AvgIpc) is 2.63. The maximum atomic E-state index is 12.6. The van der Waals surface area contributed by atoms with Gasteiger partial charge in [-0.05, 0) is 50.5 Å². The van der Waals surface area contributed by atoms with Crippen molar-refractivity contribution in [3.63, 3.8) is 0 Å². The van der Waals surface area contributed by atoms with Crippen molar-refractivity contribution in [1.29, 1.82) is 0 Å². The van der Waals surface area contributed by atoms with E-state index in [-0.39, 0.29) is 5.69 Å². The van der Waals surface area contributed by atoms with Gasteiger partial charge in [0, 0.05) is 12.2 Å². The van der Waals surface area contributed by atoms with E-state index in [0.29, 0.717) is 0 Å². The second kappa shape index (κ2) is 5.70. The largest absolute Gasteiger partial charge is 0.333 e. The van der Waals surface area contributed by atoms with Crippen molar-refractivity contribution in [2.24, 2.45) is 0 Å². The first-order valence-electron chi connectivity index (χ1n) is 7.35. The van der Waals surface area contributed by atoms with Gasteiger partial charge < -0.3 is 0 Å². The van der Waals surface area contributed by atoms with Crippen molar-refractivity contribution in [2.45, 2.75) is 53.5 Å². The second-order valence-corrected chi connectivity index (χ2v) is 5.64. The Morgan fingerprint density at radius 2 is 1.75 bits per heavy atom. The predicted octanol–water partition coefficient (Wildman–Crippen LogP) is 4.10. The molecule has 0 aliphatic heterocycles. The predicted molar refractivity (Wildman–Crippen MR) is 86.2 cm³/mol. The van der Waals surface area contributed by atoms with Gasteiger partial charge in [-0.1, -0.05) is 26.3 Å². The summed E-state index contributed by atoms with van der Waals surface area (Å²) < 4.78 is 3.62. The Bertz CT molecular complexity index is 704.